The minimum absolute atomic E-state index is 0.692. The molecule has 0 bridgehead atoms. The zero-order valence-electron chi connectivity index (χ0n) is 11.3. The van der Waals surface area contributed by atoms with Crippen LogP contribution < -0.4 is 5.73 Å². The van der Waals surface area contributed by atoms with E-state index in [0.29, 0.717) is 5.13 Å². The first-order valence-electron chi connectivity index (χ1n) is 6.39. The predicted molar refractivity (Wildman–Crippen MR) is 79.2 cm³/mol. The molecule has 0 saturated heterocycles. The van der Waals surface area contributed by atoms with Crippen molar-refractivity contribution in [3.05, 3.63) is 45.5 Å². The van der Waals surface area contributed by atoms with Gasteiger partial charge in [0.15, 0.2) is 5.13 Å². The molecule has 2 nitrogen and oxygen atoms in total. The summed E-state index contributed by atoms with van der Waals surface area (Å²) >= 11 is 1.63. The van der Waals surface area contributed by atoms with Crippen molar-refractivity contribution in [3.8, 4) is 0 Å². The summed E-state index contributed by atoms with van der Waals surface area (Å²) < 4.78 is 0. The largest absolute Gasteiger partial charge is 0.375 e. The SMILES string of the molecule is CCCc1nc(N)sc1Cc1cc(C)cc(C)c1. The van der Waals surface area contributed by atoms with Crippen molar-refractivity contribution < 1.29 is 0 Å². The van der Waals surface area contributed by atoms with E-state index in [1.54, 1.807) is 11.3 Å². The lowest BCUT2D eigenvalue weighted by Crippen LogP contribution is -1.94. The Balaban J connectivity index is 2.27. The molecule has 0 atom stereocenters. The summed E-state index contributed by atoms with van der Waals surface area (Å²) in [4.78, 5) is 5.76. The molecule has 0 saturated carbocycles. The van der Waals surface area contributed by atoms with Crippen LogP contribution in [0.1, 0.15) is 40.6 Å². The highest BCUT2D eigenvalue weighted by molar-refractivity contribution is 7.15. The summed E-state index contributed by atoms with van der Waals surface area (Å²) in [6, 6.07) is 6.70. The van der Waals surface area contributed by atoms with E-state index in [4.69, 9.17) is 5.73 Å². The normalized spacial score (nSPS) is 10.8. The van der Waals surface area contributed by atoms with E-state index < -0.39 is 0 Å². The number of hydrogen-bond acceptors (Lipinski definition) is 3. The average molecular weight is 260 g/mol. The van der Waals surface area contributed by atoms with E-state index in [1.807, 2.05) is 0 Å². The average Bonchev–Trinajstić information content (AvgIpc) is 2.58. The van der Waals surface area contributed by atoms with E-state index in [1.165, 1.54) is 27.3 Å². The maximum atomic E-state index is 5.83. The highest BCUT2D eigenvalue weighted by atomic mass is 32.1. The number of nitrogens with zero attached hydrogens (tertiary/aromatic N) is 1. The fourth-order valence-electron chi connectivity index (χ4n) is 2.33. The Labute approximate surface area is 113 Å². The molecule has 0 amide bonds. The van der Waals surface area contributed by atoms with Gasteiger partial charge in [0.05, 0.1) is 5.69 Å². The first-order valence-corrected chi connectivity index (χ1v) is 7.21. The van der Waals surface area contributed by atoms with Crippen molar-refractivity contribution in [3.63, 3.8) is 0 Å². The fraction of sp³-hybridized carbons (Fsp3) is 0.400. The number of hydrogen-bond donors (Lipinski definition) is 1. The van der Waals surface area contributed by atoms with Crippen molar-refractivity contribution in [2.45, 2.75) is 40.0 Å². The van der Waals surface area contributed by atoms with Crippen molar-refractivity contribution in [2.75, 3.05) is 5.73 Å². The molecule has 1 heterocycles. The molecule has 0 fully saturated rings. The summed E-state index contributed by atoms with van der Waals surface area (Å²) in [5.41, 5.74) is 11.0. The van der Waals surface area contributed by atoms with Crippen LogP contribution in [0.3, 0.4) is 0 Å². The second-order valence-corrected chi connectivity index (χ2v) is 5.96. The third-order valence-corrected chi connectivity index (χ3v) is 3.85. The molecule has 0 radical (unpaired) electrons. The molecule has 1 aromatic carbocycles. The van der Waals surface area contributed by atoms with Gasteiger partial charge in [-0.05, 0) is 25.8 Å². The van der Waals surface area contributed by atoms with Crippen molar-refractivity contribution >= 4 is 16.5 Å². The molecule has 0 spiro atoms. The van der Waals surface area contributed by atoms with Crippen LogP contribution in [0.2, 0.25) is 0 Å². The first kappa shape index (κ1) is 13.1. The third kappa shape index (κ3) is 3.10. The highest BCUT2D eigenvalue weighted by Crippen LogP contribution is 2.25. The summed E-state index contributed by atoms with van der Waals surface area (Å²) in [7, 11) is 0. The van der Waals surface area contributed by atoms with Gasteiger partial charge in [0.25, 0.3) is 0 Å². The van der Waals surface area contributed by atoms with Crippen LogP contribution >= 0.6 is 11.3 Å². The van der Waals surface area contributed by atoms with Gasteiger partial charge >= 0.3 is 0 Å². The van der Waals surface area contributed by atoms with Crippen LogP contribution in [0.5, 0.6) is 0 Å². The number of thiazole rings is 1. The molecule has 0 aliphatic heterocycles. The Hall–Kier alpha value is -1.35. The van der Waals surface area contributed by atoms with Crippen molar-refractivity contribution in [2.24, 2.45) is 0 Å². The van der Waals surface area contributed by atoms with Crippen molar-refractivity contribution in [1.82, 2.24) is 4.98 Å². The van der Waals surface area contributed by atoms with Crippen LogP contribution in [0.25, 0.3) is 0 Å². The predicted octanol–water partition coefficient (Wildman–Crippen LogP) is 3.89. The minimum atomic E-state index is 0.692. The van der Waals surface area contributed by atoms with E-state index in [-0.39, 0.29) is 0 Å². The number of anilines is 1. The monoisotopic (exact) mass is 260 g/mol. The van der Waals surface area contributed by atoms with Crippen molar-refractivity contribution in [1.29, 1.82) is 0 Å². The van der Waals surface area contributed by atoms with E-state index in [0.717, 1.165) is 19.3 Å². The fourth-order valence-corrected chi connectivity index (χ4v) is 3.24. The van der Waals surface area contributed by atoms with Crippen LogP contribution in [-0.4, -0.2) is 4.98 Å². The first-order chi connectivity index (χ1) is 8.58. The summed E-state index contributed by atoms with van der Waals surface area (Å²) in [6.45, 7) is 6.46. The van der Waals surface area contributed by atoms with Gasteiger partial charge < -0.3 is 5.73 Å². The van der Waals surface area contributed by atoms with Crippen LogP contribution in [0, 0.1) is 13.8 Å². The van der Waals surface area contributed by atoms with Gasteiger partial charge in [0.2, 0.25) is 0 Å². The Morgan fingerprint density at radius 2 is 1.83 bits per heavy atom. The Morgan fingerprint density at radius 1 is 1.17 bits per heavy atom. The number of aryl methyl sites for hydroxylation is 3. The van der Waals surface area contributed by atoms with Gasteiger partial charge in [-0.1, -0.05) is 42.7 Å². The van der Waals surface area contributed by atoms with Crippen LogP contribution in [-0.2, 0) is 12.8 Å². The summed E-state index contributed by atoms with van der Waals surface area (Å²) in [6.07, 6.45) is 3.09. The molecule has 18 heavy (non-hydrogen) atoms. The quantitative estimate of drug-likeness (QED) is 0.906. The number of rotatable bonds is 4. The zero-order valence-corrected chi connectivity index (χ0v) is 12.1. The second kappa shape index (κ2) is 5.53. The molecular formula is C15H20N2S. The molecular weight excluding hydrogens is 240 g/mol. The van der Waals surface area contributed by atoms with E-state index in [9.17, 15) is 0 Å². The zero-order chi connectivity index (χ0) is 13.1. The highest BCUT2D eigenvalue weighted by Gasteiger charge is 2.09. The molecule has 2 aromatic rings. The second-order valence-electron chi connectivity index (χ2n) is 4.84. The molecule has 2 rings (SSSR count). The summed E-state index contributed by atoms with van der Waals surface area (Å²) in [5, 5.41) is 0.692. The number of nitrogens with two attached hydrogens (primary N) is 1. The number of aromatic nitrogens is 1. The van der Waals surface area contributed by atoms with Crippen LogP contribution in [0.4, 0.5) is 5.13 Å². The van der Waals surface area contributed by atoms with Gasteiger partial charge in [-0.25, -0.2) is 4.98 Å². The maximum Gasteiger partial charge on any atom is 0.180 e. The summed E-state index contributed by atoms with van der Waals surface area (Å²) in [5.74, 6) is 0. The lowest BCUT2D eigenvalue weighted by atomic mass is 10.0. The Bertz CT molecular complexity index is 523. The topological polar surface area (TPSA) is 38.9 Å². The third-order valence-electron chi connectivity index (χ3n) is 2.93. The van der Waals surface area contributed by atoms with Gasteiger partial charge in [-0.15, -0.1) is 11.3 Å². The molecule has 1 aromatic heterocycles. The molecule has 0 aliphatic rings. The lowest BCUT2D eigenvalue weighted by Gasteiger charge is -2.05. The smallest absolute Gasteiger partial charge is 0.180 e. The molecule has 96 valence electrons. The van der Waals surface area contributed by atoms with E-state index >= 15 is 0 Å². The standard InChI is InChI=1S/C15H20N2S/c1-4-5-13-14(18-15(16)17-13)9-12-7-10(2)6-11(3)8-12/h6-8H,4-5,9H2,1-3H3,(H2,16,17). The maximum absolute atomic E-state index is 5.83. The van der Waals surface area contributed by atoms with Gasteiger partial charge in [-0.2, -0.15) is 0 Å². The molecule has 0 unspecified atom stereocenters. The van der Waals surface area contributed by atoms with E-state index in [2.05, 4.69) is 44.0 Å². The Morgan fingerprint density at radius 3 is 2.44 bits per heavy atom. The van der Waals surface area contributed by atoms with Crippen LogP contribution in [0.15, 0.2) is 18.2 Å². The Kier molecular flexibility index (Phi) is 4.02. The van der Waals surface area contributed by atoms with Gasteiger partial charge in [0.1, 0.15) is 0 Å². The lowest BCUT2D eigenvalue weighted by molar-refractivity contribution is 0.879. The molecule has 2 N–H and O–H groups in total. The number of nitrogen functional groups attached to an aromatic ring is 1. The number of benzene rings is 1. The minimum Gasteiger partial charge on any atom is -0.375 e. The van der Waals surface area contributed by atoms with Gasteiger partial charge in [0, 0.05) is 11.3 Å². The molecule has 0 aliphatic carbocycles. The van der Waals surface area contributed by atoms with Gasteiger partial charge in [-0.3, -0.25) is 0 Å². The molecule has 3 heteroatoms.